The molecule has 346 valence electrons. The number of morpholine rings is 1. The molecule has 6 aromatic rings. The fourth-order valence-corrected chi connectivity index (χ4v) is 8.22. The average molecular weight is 912 g/mol. The summed E-state index contributed by atoms with van der Waals surface area (Å²) in [5.41, 5.74) is 9.69. The standard InChI is InChI=1S/C45H48F3N11O7/c1-56-37-21-27(6-9-35(37)59(44(56)64)36-10-11-38(60)54-42(36)63)3-2-18-57-19-20-65-32(24-57)14-16-50-23-28-4-7-31(8-5-28)58-25-33(39(55-58)40(49)61)52-41(62)34-26-66-43(53-34)29-13-17-51-30(22-29)12-15-45(46,47)48/h4-9,13,17,21-22,25-26,32,36,50H,2-3,10-12,14-16,18-20,23-24H2,1H3,(H2,49,61)(H,52,62)(H,54,60,63)/t32-,36?/m0/s1. The Hall–Kier alpha value is -6.97. The number of nitrogens with zero attached hydrogens (tertiary/aromatic N) is 7. The monoisotopic (exact) mass is 911 g/mol. The molecule has 2 fully saturated rings. The van der Waals surface area contributed by atoms with Crippen LogP contribution in [0.3, 0.4) is 0 Å². The zero-order valence-corrected chi connectivity index (χ0v) is 36.0. The maximum Gasteiger partial charge on any atom is 0.389 e. The van der Waals surface area contributed by atoms with Crippen LogP contribution in [0.15, 0.2) is 82.5 Å². The van der Waals surface area contributed by atoms with Crippen LogP contribution in [0.4, 0.5) is 18.9 Å². The van der Waals surface area contributed by atoms with Gasteiger partial charge in [0, 0.05) is 57.0 Å². The number of carbonyl (C=O) groups excluding carboxylic acids is 4. The van der Waals surface area contributed by atoms with Crippen molar-refractivity contribution in [3.05, 3.63) is 112 Å². The SMILES string of the molecule is Cn1c(=O)n(C2CCC(=O)NC2=O)c2ccc(CCCN3CCO[C@@H](CCNCc4ccc(-n5cc(NC(=O)c6coc(-c7ccnc(CCC(F)(F)F)c7)n6)c(C(N)=O)n5)cc4)C3)cc21. The van der Waals surface area contributed by atoms with Crippen LogP contribution in [-0.2, 0) is 40.8 Å². The molecular formula is C45H48F3N11O7. The van der Waals surface area contributed by atoms with Crippen LogP contribution in [0.5, 0.6) is 0 Å². The molecule has 2 aliphatic rings. The summed E-state index contributed by atoms with van der Waals surface area (Å²) in [5.74, 6) is -2.37. The molecule has 0 aliphatic carbocycles. The molecule has 0 spiro atoms. The topological polar surface area (TPSA) is 227 Å². The number of hydrogen-bond donors (Lipinski definition) is 4. The van der Waals surface area contributed by atoms with E-state index in [1.165, 1.54) is 33.8 Å². The third-order valence-corrected chi connectivity index (χ3v) is 11.7. The molecule has 4 aromatic heterocycles. The van der Waals surface area contributed by atoms with E-state index in [9.17, 15) is 37.1 Å². The zero-order chi connectivity index (χ0) is 46.5. The van der Waals surface area contributed by atoms with Gasteiger partial charge in [0.25, 0.3) is 11.8 Å². The van der Waals surface area contributed by atoms with E-state index in [-0.39, 0.29) is 59.2 Å². The lowest BCUT2D eigenvalue weighted by atomic mass is 10.0. The van der Waals surface area contributed by atoms with Gasteiger partial charge in [-0.1, -0.05) is 18.2 Å². The number of ether oxygens (including phenoxy) is 1. The Kier molecular flexibility index (Phi) is 13.6. The lowest BCUT2D eigenvalue weighted by Gasteiger charge is -2.33. The molecule has 5 N–H and O–H groups in total. The predicted molar refractivity (Wildman–Crippen MR) is 234 cm³/mol. The molecule has 0 radical (unpaired) electrons. The number of benzene rings is 2. The number of piperidine rings is 1. The van der Waals surface area contributed by atoms with Gasteiger partial charge >= 0.3 is 11.9 Å². The van der Waals surface area contributed by atoms with E-state index >= 15 is 0 Å². The normalized spacial score (nSPS) is 17.0. The highest BCUT2D eigenvalue weighted by Gasteiger charge is 2.32. The van der Waals surface area contributed by atoms with Crippen molar-refractivity contribution in [2.75, 3.05) is 38.1 Å². The number of nitrogens with two attached hydrogens (primary N) is 1. The Morgan fingerprint density at radius 1 is 1.02 bits per heavy atom. The smallest absolute Gasteiger partial charge is 0.389 e. The number of nitrogens with one attached hydrogen (secondary N) is 3. The number of carbonyl (C=O) groups is 4. The Morgan fingerprint density at radius 2 is 1.82 bits per heavy atom. The van der Waals surface area contributed by atoms with Crippen LogP contribution in [0.1, 0.15) is 75.9 Å². The van der Waals surface area contributed by atoms with Crippen LogP contribution < -0.4 is 27.4 Å². The number of aromatic nitrogens is 6. The lowest BCUT2D eigenvalue weighted by Crippen LogP contribution is -2.44. The fourth-order valence-electron chi connectivity index (χ4n) is 8.22. The molecule has 2 saturated heterocycles. The number of hydrogen-bond acceptors (Lipinski definition) is 12. The molecule has 2 aliphatic heterocycles. The second-order valence-electron chi connectivity index (χ2n) is 16.4. The molecule has 66 heavy (non-hydrogen) atoms. The molecule has 4 amide bonds. The van der Waals surface area contributed by atoms with Crippen LogP contribution in [0, 0.1) is 0 Å². The molecule has 0 saturated carbocycles. The largest absolute Gasteiger partial charge is 0.444 e. The van der Waals surface area contributed by atoms with E-state index in [0.717, 1.165) is 68.3 Å². The summed E-state index contributed by atoms with van der Waals surface area (Å²) < 4.78 is 54.1. The number of imide groups is 1. The van der Waals surface area contributed by atoms with E-state index in [1.807, 2.05) is 42.5 Å². The van der Waals surface area contributed by atoms with Crippen LogP contribution in [-0.4, -0.2) is 102 Å². The summed E-state index contributed by atoms with van der Waals surface area (Å²) in [6, 6.07) is 15.6. The number of imidazole rings is 1. The van der Waals surface area contributed by atoms with Crippen LogP contribution in [0.25, 0.3) is 28.2 Å². The minimum absolute atomic E-state index is 0.000386. The number of pyridine rings is 1. The number of fused-ring (bicyclic) bond motifs is 1. The van der Waals surface area contributed by atoms with Crippen LogP contribution in [0.2, 0.25) is 0 Å². The van der Waals surface area contributed by atoms with Crippen molar-refractivity contribution in [1.82, 2.24) is 44.4 Å². The number of aryl methyl sites for hydroxylation is 3. The van der Waals surface area contributed by atoms with Crippen molar-refractivity contribution in [3.8, 4) is 17.1 Å². The van der Waals surface area contributed by atoms with Crippen molar-refractivity contribution >= 4 is 40.3 Å². The molecular weight excluding hydrogens is 864 g/mol. The number of amides is 4. The highest BCUT2D eigenvalue weighted by Crippen LogP contribution is 2.27. The van der Waals surface area contributed by atoms with Crippen molar-refractivity contribution in [1.29, 1.82) is 0 Å². The van der Waals surface area contributed by atoms with Crippen molar-refractivity contribution in [3.63, 3.8) is 0 Å². The third kappa shape index (κ3) is 10.8. The predicted octanol–water partition coefficient (Wildman–Crippen LogP) is 4.21. The van der Waals surface area contributed by atoms with E-state index in [1.54, 1.807) is 11.6 Å². The van der Waals surface area contributed by atoms with Crippen LogP contribution >= 0.6 is 0 Å². The quantitative estimate of drug-likeness (QED) is 0.0746. The Bertz CT molecular complexity index is 2810. The van der Waals surface area contributed by atoms with Crippen molar-refractivity contribution in [2.45, 2.75) is 69.8 Å². The van der Waals surface area contributed by atoms with Gasteiger partial charge in [-0.25, -0.2) is 14.5 Å². The number of halogens is 3. The first-order valence-electron chi connectivity index (χ1n) is 21.5. The first kappa shape index (κ1) is 45.6. The summed E-state index contributed by atoms with van der Waals surface area (Å²) >= 11 is 0. The van der Waals surface area contributed by atoms with Gasteiger partial charge in [-0.3, -0.25) is 43.5 Å². The molecule has 2 atom stereocenters. The summed E-state index contributed by atoms with van der Waals surface area (Å²) in [7, 11) is 1.70. The Labute approximate surface area is 375 Å². The second kappa shape index (κ2) is 19.6. The lowest BCUT2D eigenvalue weighted by molar-refractivity contribution is -0.136. The van der Waals surface area contributed by atoms with E-state index < -0.39 is 36.4 Å². The number of rotatable bonds is 17. The number of alkyl halides is 3. The molecule has 6 heterocycles. The van der Waals surface area contributed by atoms with Crippen molar-refractivity contribution in [2.24, 2.45) is 12.8 Å². The highest BCUT2D eigenvalue weighted by molar-refractivity contribution is 6.07. The summed E-state index contributed by atoms with van der Waals surface area (Å²) in [4.78, 5) is 73.3. The molecule has 2 aromatic carbocycles. The number of primary amides is 1. The van der Waals surface area contributed by atoms with E-state index in [0.29, 0.717) is 36.3 Å². The average Bonchev–Trinajstić information content (AvgIpc) is 4.02. The molecule has 18 nitrogen and oxygen atoms in total. The minimum Gasteiger partial charge on any atom is -0.444 e. The van der Waals surface area contributed by atoms with Gasteiger partial charge in [-0.15, -0.1) is 0 Å². The number of oxazole rings is 1. The summed E-state index contributed by atoms with van der Waals surface area (Å²) in [5, 5.41) is 12.7. The fraction of sp³-hybridized carbons (Fsp3) is 0.378. The van der Waals surface area contributed by atoms with Gasteiger partial charge in [0.1, 0.15) is 12.3 Å². The summed E-state index contributed by atoms with van der Waals surface area (Å²) in [6.45, 7) is 4.56. The maximum atomic E-state index is 13.1. The maximum absolute atomic E-state index is 13.1. The van der Waals surface area contributed by atoms with Gasteiger partial charge in [-0.05, 0) is 92.7 Å². The minimum atomic E-state index is -4.33. The second-order valence-corrected chi connectivity index (χ2v) is 16.4. The summed E-state index contributed by atoms with van der Waals surface area (Å²) in [6.07, 6.45) is 1.32. The molecule has 0 bridgehead atoms. The zero-order valence-electron chi connectivity index (χ0n) is 36.0. The van der Waals surface area contributed by atoms with Gasteiger partial charge in [0.05, 0.1) is 41.3 Å². The van der Waals surface area contributed by atoms with Gasteiger partial charge in [-0.2, -0.15) is 18.3 Å². The first-order valence-corrected chi connectivity index (χ1v) is 21.5. The van der Waals surface area contributed by atoms with Gasteiger partial charge in [0.15, 0.2) is 11.4 Å². The van der Waals surface area contributed by atoms with E-state index in [4.69, 9.17) is 14.9 Å². The van der Waals surface area contributed by atoms with Gasteiger partial charge < -0.3 is 25.5 Å². The van der Waals surface area contributed by atoms with Crippen molar-refractivity contribution < 1.29 is 41.5 Å². The molecule has 8 rings (SSSR count). The number of anilines is 1. The highest BCUT2D eigenvalue weighted by atomic mass is 19.4. The third-order valence-electron chi connectivity index (χ3n) is 11.7. The Balaban J connectivity index is 0.785. The molecule has 21 heteroatoms. The first-order chi connectivity index (χ1) is 31.7. The Morgan fingerprint density at radius 3 is 2.59 bits per heavy atom. The molecule has 1 unspecified atom stereocenters. The van der Waals surface area contributed by atoms with E-state index in [2.05, 4.69) is 35.9 Å². The van der Waals surface area contributed by atoms with Gasteiger partial charge in [0.2, 0.25) is 17.7 Å².